The van der Waals surface area contributed by atoms with Crippen LogP contribution >= 0.6 is 0 Å². The zero-order valence-electron chi connectivity index (χ0n) is 13.8. The molecule has 0 aromatic carbocycles. The molecule has 0 saturated carbocycles. The molecule has 0 unspecified atom stereocenters. The quantitative estimate of drug-likeness (QED) is 0.550. The van der Waals surface area contributed by atoms with Crippen molar-refractivity contribution in [2.45, 2.75) is 92.0 Å². The summed E-state index contributed by atoms with van der Waals surface area (Å²) in [5.41, 5.74) is -0.149. The molecule has 0 spiro atoms. The summed E-state index contributed by atoms with van der Waals surface area (Å²) in [5, 5.41) is 3.45. The van der Waals surface area contributed by atoms with Crippen molar-refractivity contribution in [2.75, 3.05) is 6.54 Å². The van der Waals surface area contributed by atoms with Crippen LogP contribution in [0.25, 0.3) is 0 Å². The number of hydrogen-bond acceptors (Lipinski definition) is 2. The van der Waals surface area contributed by atoms with Crippen LogP contribution in [0.2, 0.25) is 0 Å². The van der Waals surface area contributed by atoms with Gasteiger partial charge in [-0.05, 0) is 19.4 Å². The molecule has 0 bridgehead atoms. The second-order valence-electron chi connectivity index (χ2n) is 7.01. The number of unbranched alkanes of at least 4 members (excludes halogenated alkanes) is 6. The molecule has 0 atom stereocenters. The zero-order chi connectivity index (χ0) is 14.7. The van der Waals surface area contributed by atoms with Gasteiger partial charge in [-0.2, -0.15) is 0 Å². The van der Waals surface area contributed by atoms with Gasteiger partial charge in [-0.3, -0.25) is 4.79 Å². The van der Waals surface area contributed by atoms with Gasteiger partial charge in [-0.1, -0.05) is 66.7 Å². The highest BCUT2D eigenvalue weighted by atomic mass is 16.1. The van der Waals surface area contributed by atoms with Crippen LogP contribution in [0.15, 0.2) is 0 Å². The molecule has 2 nitrogen and oxygen atoms in total. The second-order valence-corrected chi connectivity index (χ2v) is 7.01. The summed E-state index contributed by atoms with van der Waals surface area (Å²) >= 11 is 0. The molecular weight excluding hydrogens is 234 g/mol. The highest BCUT2D eigenvalue weighted by molar-refractivity contribution is 5.83. The first-order chi connectivity index (χ1) is 8.84. The molecule has 114 valence electrons. The number of carbonyl (C=O) groups excluding carboxylic acids is 1. The number of rotatable bonds is 11. The molecular formula is C17H35NO. The second kappa shape index (κ2) is 10.4. The summed E-state index contributed by atoms with van der Waals surface area (Å²) in [6, 6.07) is 0.611. The fraction of sp³-hybridized carbons (Fsp3) is 0.941. The summed E-state index contributed by atoms with van der Waals surface area (Å²) in [6.07, 6.45) is 9.63. The Morgan fingerprint density at radius 1 is 0.895 bits per heavy atom. The van der Waals surface area contributed by atoms with Crippen LogP contribution < -0.4 is 5.32 Å². The van der Waals surface area contributed by atoms with Gasteiger partial charge in [0.2, 0.25) is 0 Å². The third-order valence-corrected chi connectivity index (χ3v) is 3.47. The van der Waals surface area contributed by atoms with E-state index in [0.717, 1.165) is 19.4 Å². The monoisotopic (exact) mass is 269 g/mol. The van der Waals surface area contributed by atoms with Crippen LogP contribution in [-0.2, 0) is 4.79 Å². The smallest absolute Gasteiger partial charge is 0.138 e. The molecule has 0 fully saturated rings. The molecule has 0 aliphatic heterocycles. The van der Waals surface area contributed by atoms with Crippen LogP contribution in [0.4, 0.5) is 0 Å². The average Bonchev–Trinajstić information content (AvgIpc) is 2.29. The fourth-order valence-electron chi connectivity index (χ4n) is 2.06. The van der Waals surface area contributed by atoms with Crippen molar-refractivity contribution in [3.05, 3.63) is 0 Å². The Labute approximate surface area is 120 Å². The van der Waals surface area contributed by atoms with Gasteiger partial charge in [-0.15, -0.1) is 0 Å². The highest BCUT2D eigenvalue weighted by Crippen LogP contribution is 2.19. The van der Waals surface area contributed by atoms with E-state index < -0.39 is 0 Å². The predicted octanol–water partition coefficient (Wildman–Crippen LogP) is 4.72. The van der Waals surface area contributed by atoms with Crippen molar-refractivity contribution in [3.63, 3.8) is 0 Å². The van der Waals surface area contributed by atoms with E-state index in [1.54, 1.807) is 0 Å². The molecule has 2 heteroatoms. The zero-order valence-corrected chi connectivity index (χ0v) is 13.8. The Hall–Kier alpha value is -0.370. The summed E-state index contributed by atoms with van der Waals surface area (Å²) in [6.45, 7) is 11.6. The van der Waals surface area contributed by atoms with Gasteiger partial charge in [-0.25, -0.2) is 0 Å². The maximum Gasteiger partial charge on any atom is 0.138 e. The molecule has 19 heavy (non-hydrogen) atoms. The van der Waals surface area contributed by atoms with Crippen molar-refractivity contribution in [1.29, 1.82) is 0 Å². The Morgan fingerprint density at radius 3 is 1.84 bits per heavy atom. The van der Waals surface area contributed by atoms with Crippen LogP contribution in [0.1, 0.15) is 86.0 Å². The molecule has 0 aromatic heterocycles. The molecule has 0 saturated heterocycles. The van der Waals surface area contributed by atoms with Gasteiger partial charge in [0.25, 0.3) is 0 Å². The Balaban J connectivity index is 3.22. The largest absolute Gasteiger partial charge is 0.315 e. The lowest BCUT2D eigenvalue weighted by molar-refractivity contribution is -0.126. The van der Waals surface area contributed by atoms with Crippen molar-refractivity contribution in [2.24, 2.45) is 5.41 Å². The molecule has 0 amide bonds. The lowest BCUT2D eigenvalue weighted by Crippen LogP contribution is -2.23. The average molecular weight is 269 g/mol. The molecule has 0 aromatic rings. The van der Waals surface area contributed by atoms with Gasteiger partial charge in [0.05, 0.1) is 0 Å². The molecule has 0 heterocycles. The van der Waals surface area contributed by atoms with Crippen molar-refractivity contribution in [3.8, 4) is 0 Å². The summed E-state index contributed by atoms with van der Waals surface area (Å²) in [4.78, 5) is 11.7. The summed E-state index contributed by atoms with van der Waals surface area (Å²) in [7, 11) is 0. The van der Waals surface area contributed by atoms with E-state index in [0.29, 0.717) is 11.8 Å². The van der Waals surface area contributed by atoms with Gasteiger partial charge in [0.15, 0.2) is 0 Å². The Morgan fingerprint density at radius 2 is 1.37 bits per heavy atom. The maximum absolute atomic E-state index is 11.7. The first kappa shape index (κ1) is 18.6. The fourth-order valence-corrected chi connectivity index (χ4v) is 2.06. The first-order valence-electron chi connectivity index (χ1n) is 8.10. The van der Waals surface area contributed by atoms with Crippen LogP contribution in [0.3, 0.4) is 0 Å². The van der Waals surface area contributed by atoms with Crippen LogP contribution in [-0.4, -0.2) is 18.4 Å². The van der Waals surface area contributed by atoms with Gasteiger partial charge < -0.3 is 5.32 Å². The molecule has 0 rings (SSSR count). The number of nitrogens with one attached hydrogen (secondary N) is 1. The van der Waals surface area contributed by atoms with Crippen LogP contribution in [0, 0.1) is 5.41 Å². The normalized spacial score (nSPS) is 12.1. The lowest BCUT2D eigenvalue weighted by atomic mass is 9.88. The van der Waals surface area contributed by atoms with E-state index >= 15 is 0 Å². The number of Topliss-reactive ketones (excluding diaryl/α,β-unsaturated/α-hetero) is 1. The SMILES string of the molecule is CC(C)NCCCCCCCCCC(=O)C(C)(C)C. The van der Waals surface area contributed by atoms with E-state index in [1.807, 2.05) is 20.8 Å². The molecule has 0 aliphatic carbocycles. The minimum absolute atomic E-state index is 0.149. The van der Waals surface area contributed by atoms with E-state index in [9.17, 15) is 4.79 Å². The third kappa shape index (κ3) is 12.4. The summed E-state index contributed by atoms with van der Waals surface area (Å²) < 4.78 is 0. The highest BCUT2D eigenvalue weighted by Gasteiger charge is 2.19. The van der Waals surface area contributed by atoms with Crippen molar-refractivity contribution >= 4 is 5.78 Å². The third-order valence-electron chi connectivity index (χ3n) is 3.47. The standard InChI is InChI=1S/C17H35NO/c1-15(2)18-14-12-10-8-6-7-9-11-13-16(19)17(3,4)5/h15,18H,6-14H2,1-5H3. The first-order valence-corrected chi connectivity index (χ1v) is 8.10. The number of carbonyl (C=O) groups is 1. The van der Waals surface area contributed by atoms with Gasteiger partial charge in [0.1, 0.15) is 5.78 Å². The minimum Gasteiger partial charge on any atom is -0.315 e. The molecule has 0 aliphatic rings. The lowest BCUT2D eigenvalue weighted by Gasteiger charge is -2.16. The van der Waals surface area contributed by atoms with Crippen molar-refractivity contribution < 1.29 is 4.79 Å². The van der Waals surface area contributed by atoms with Crippen molar-refractivity contribution in [1.82, 2.24) is 5.32 Å². The van der Waals surface area contributed by atoms with Gasteiger partial charge in [0, 0.05) is 17.9 Å². The van der Waals surface area contributed by atoms with E-state index in [1.165, 1.54) is 38.5 Å². The van der Waals surface area contributed by atoms with Crippen LogP contribution in [0.5, 0.6) is 0 Å². The maximum atomic E-state index is 11.7. The van der Waals surface area contributed by atoms with E-state index in [-0.39, 0.29) is 5.41 Å². The molecule has 0 radical (unpaired) electrons. The molecule has 1 N–H and O–H groups in total. The minimum atomic E-state index is -0.149. The predicted molar refractivity (Wildman–Crippen MR) is 84.5 cm³/mol. The summed E-state index contributed by atoms with van der Waals surface area (Å²) in [5.74, 6) is 0.409. The van der Waals surface area contributed by atoms with E-state index in [2.05, 4.69) is 19.2 Å². The topological polar surface area (TPSA) is 29.1 Å². The number of hydrogen-bond donors (Lipinski definition) is 1. The number of ketones is 1. The van der Waals surface area contributed by atoms with Gasteiger partial charge >= 0.3 is 0 Å². The Kier molecular flexibility index (Phi) is 10.2. The Bertz CT molecular complexity index is 228. The van der Waals surface area contributed by atoms with E-state index in [4.69, 9.17) is 0 Å².